The summed E-state index contributed by atoms with van der Waals surface area (Å²) in [6, 6.07) is 0. The summed E-state index contributed by atoms with van der Waals surface area (Å²) in [6.07, 6.45) is 11.0. The topological polar surface area (TPSA) is 9.23 Å². The highest BCUT2D eigenvalue weighted by Crippen LogP contribution is 2.23. The second-order valence-corrected chi connectivity index (χ2v) is 6.16. The van der Waals surface area contributed by atoms with Crippen LogP contribution in [-0.4, -0.2) is 13.2 Å². The molecule has 0 rings (SSSR count). The molecule has 0 saturated heterocycles. The van der Waals surface area contributed by atoms with Gasteiger partial charge in [0, 0.05) is 7.11 Å². The number of ether oxygens (including phenoxy) is 1. The van der Waals surface area contributed by atoms with Crippen molar-refractivity contribution >= 4 is 0 Å². The Balaban J connectivity index is 3.51. The zero-order valence-electron chi connectivity index (χ0n) is 12.1. The van der Waals surface area contributed by atoms with E-state index < -0.39 is 0 Å². The monoisotopic (exact) mass is 228 g/mol. The molecule has 98 valence electrons. The van der Waals surface area contributed by atoms with Crippen molar-refractivity contribution in [1.82, 2.24) is 0 Å². The van der Waals surface area contributed by atoms with Gasteiger partial charge in [-0.25, -0.2) is 0 Å². The molecule has 0 amide bonds. The van der Waals surface area contributed by atoms with Gasteiger partial charge in [-0.2, -0.15) is 0 Å². The SMILES string of the molecule is CCCCCC[C@@H](CCCC(C)(C)C)OC. The van der Waals surface area contributed by atoms with Crippen molar-refractivity contribution in [2.75, 3.05) is 7.11 Å². The van der Waals surface area contributed by atoms with Gasteiger partial charge >= 0.3 is 0 Å². The van der Waals surface area contributed by atoms with Crippen molar-refractivity contribution in [2.24, 2.45) is 5.41 Å². The van der Waals surface area contributed by atoms with E-state index in [9.17, 15) is 0 Å². The second-order valence-electron chi connectivity index (χ2n) is 6.16. The maximum atomic E-state index is 5.55. The number of unbranched alkanes of at least 4 members (excludes halogenated alkanes) is 3. The van der Waals surface area contributed by atoms with Gasteiger partial charge in [0.2, 0.25) is 0 Å². The Morgan fingerprint density at radius 1 is 0.938 bits per heavy atom. The Hall–Kier alpha value is -0.0400. The Bertz CT molecular complexity index is 146. The van der Waals surface area contributed by atoms with Gasteiger partial charge in [-0.1, -0.05) is 59.8 Å². The van der Waals surface area contributed by atoms with Crippen LogP contribution in [0.2, 0.25) is 0 Å². The summed E-state index contributed by atoms with van der Waals surface area (Å²) >= 11 is 0. The third-order valence-electron chi connectivity index (χ3n) is 3.17. The van der Waals surface area contributed by atoms with E-state index in [1.807, 2.05) is 7.11 Å². The van der Waals surface area contributed by atoms with Crippen molar-refractivity contribution < 1.29 is 4.74 Å². The summed E-state index contributed by atoms with van der Waals surface area (Å²) in [5.41, 5.74) is 0.473. The van der Waals surface area contributed by atoms with E-state index in [2.05, 4.69) is 27.7 Å². The van der Waals surface area contributed by atoms with Gasteiger partial charge < -0.3 is 4.74 Å². The summed E-state index contributed by atoms with van der Waals surface area (Å²) in [6.45, 7) is 9.21. The fourth-order valence-electron chi connectivity index (χ4n) is 2.04. The van der Waals surface area contributed by atoms with Crippen LogP contribution >= 0.6 is 0 Å². The molecule has 16 heavy (non-hydrogen) atoms. The van der Waals surface area contributed by atoms with Gasteiger partial charge in [0.15, 0.2) is 0 Å². The van der Waals surface area contributed by atoms with E-state index in [-0.39, 0.29) is 0 Å². The molecule has 0 aromatic rings. The van der Waals surface area contributed by atoms with Crippen LogP contribution in [0, 0.1) is 5.41 Å². The molecule has 0 bridgehead atoms. The molecule has 1 nitrogen and oxygen atoms in total. The van der Waals surface area contributed by atoms with Gasteiger partial charge in [0.1, 0.15) is 0 Å². The Labute approximate surface area is 103 Å². The number of rotatable bonds is 9. The fraction of sp³-hybridized carbons (Fsp3) is 1.00. The first-order valence-electron chi connectivity index (χ1n) is 7.02. The predicted octanol–water partition coefficient (Wildman–Crippen LogP) is 5.19. The number of hydrogen-bond donors (Lipinski definition) is 0. The van der Waals surface area contributed by atoms with E-state index in [0.717, 1.165) is 0 Å². The van der Waals surface area contributed by atoms with Crippen LogP contribution in [0.5, 0.6) is 0 Å². The smallest absolute Gasteiger partial charge is 0.0571 e. The first kappa shape index (κ1) is 16.0. The maximum Gasteiger partial charge on any atom is 0.0571 e. The molecule has 0 saturated carbocycles. The number of hydrogen-bond acceptors (Lipinski definition) is 1. The van der Waals surface area contributed by atoms with E-state index >= 15 is 0 Å². The third-order valence-corrected chi connectivity index (χ3v) is 3.17. The molecule has 0 aromatic carbocycles. The van der Waals surface area contributed by atoms with Gasteiger partial charge in [0.25, 0.3) is 0 Å². The van der Waals surface area contributed by atoms with Crippen LogP contribution in [0.1, 0.15) is 79.1 Å². The molecule has 0 aliphatic carbocycles. The molecule has 0 aromatic heterocycles. The van der Waals surface area contributed by atoms with E-state index in [1.165, 1.54) is 51.4 Å². The molecule has 0 N–H and O–H groups in total. The minimum Gasteiger partial charge on any atom is -0.381 e. The minimum absolute atomic E-state index is 0.473. The van der Waals surface area contributed by atoms with Crippen molar-refractivity contribution in [3.05, 3.63) is 0 Å². The summed E-state index contributed by atoms with van der Waals surface area (Å²) in [4.78, 5) is 0. The zero-order valence-corrected chi connectivity index (χ0v) is 12.1. The van der Waals surface area contributed by atoms with Crippen molar-refractivity contribution in [3.8, 4) is 0 Å². The lowest BCUT2D eigenvalue weighted by Crippen LogP contribution is -2.12. The average molecular weight is 228 g/mol. The summed E-state index contributed by atoms with van der Waals surface area (Å²) in [5, 5.41) is 0. The van der Waals surface area contributed by atoms with Crippen molar-refractivity contribution in [3.63, 3.8) is 0 Å². The van der Waals surface area contributed by atoms with Crippen LogP contribution in [0.4, 0.5) is 0 Å². The lowest BCUT2D eigenvalue weighted by Gasteiger charge is -2.20. The first-order valence-corrected chi connectivity index (χ1v) is 7.02. The molecule has 1 heteroatoms. The van der Waals surface area contributed by atoms with Gasteiger partial charge in [0.05, 0.1) is 6.10 Å². The van der Waals surface area contributed by atoms with E-state index in [1.54, 1.807) is 0 Å². The highest BCUT2D eigenvalue weighted by atomic mass is 16.5. The van der Waals surface area contributed by atoms with Crippen molar-refractivity contribution in [1.29, 1.82) is 0 Å². The van der Waals surface area contributed by atoms with Gasteiger partial charge in [-0.3, -0.25) is 0 Å². The summed E-state index contributed by atoms with van der Waals surface area (Å²) < 4.78 is 5.55. The standard InChI is InChI=1S/C15H32O/c1-6-7-8-9-11-14(16-5)12-10-13-15(2,3)4/h14H,6-13H2,1-5H3/t14-/m0/s1. The molecule has 0 unspecified atom stereocenters. The van der Waals surface area contributed by atoms with Crippen LogP contribution in [0.3, 0.4) is 0 Å². The van der Waals surface area contributed by atoms with Crippen molar-refractivity contribution in [2.45, 2.75) is 85.2 Å². The molecular formula is C15H32O. The van der Waals surface area contributed by atoms with Gasteiger partial charge in [-0.05, 0) is 24.7 Å². The highest BCUT2D eigenvalue weighted by Gasteiger charge is 2.12. The van der Waals surface area contributed by atoms with Crippen LogP contribution in [-0.2, 0) is 4.74 Å². The van der Waals surface area contributed by atoms with Crippen LogP contribution in [0.15, 0.2) is 0 Å². The molecule has 1 atom stereocenters. The van der Waals surface area contributed by atoms with Crippen LogP contribution < -0.4 is 0 Å². The maximum absolute atomic E-state index is 5.55. The molecule has 0 aliphatic rings. The largest absolute Gasteiger partial charge is 0.381 e. The lowest BCUT2D eigenvalue weighted by atomic mass is 9.89. The lowest BCUT2D eigenvalue weighted by molar-refractivity contribution is 0.0809. The minimum atomic E-state index is 0.473. The van der Waals surface area contributed by atoms with E-state index in [4.69, 9.17) is 4.74 Å². The molecule has 0 fully saturated rings. The molecule has 0 radical (unpaired) electrons. The Kier molecular flexibility index (Phi) is 9.02. The van der Waals surface area contributed by atoms with E-state index in [0.29, 0.717) is 11.5 Å². The average Bonchev–Trinajstić information content (AvgIpc) is 2.20. The number of methoxy groups -OCH3 is 1. The first-order chi connectivity index (χ1) is 7.49. The quantitative estimate of drug-likeness (QED) is 0.494. The molecule has 0 heterocycles. The highest BCUT2D eigenvalue weighted by molar-refractivity contribution is 4.65. The Morgan fingerprint density at radius 2 is 1.56 bits per heavy atom. The normalized spacial score (nSPS) is 14.1. The van der Waals surface area contributed by atoms with Gasteiger partial charge in [-0.15, -0.1) is 0 Å². The summed E-state index contributed by atoms with van der Waals surface area (Å²) in [7, 11) is 1.86. The Morgan fingerprint density at radius 3 is 2.06 bits per heavy atom. The fourth-order valence-corrected chi connectivity index (χ4v) is 2.04. The molecule has 0 aliphatic heterocycles. The second kappa shape index (κ2) is 9.04. The zero-order chi connectivity index (χ0) is 12.4. The molecular weight excluding hydrogens is 196 g/mol. The third kappa shape index (κ3) is 10.5. The van der Waals surface area contributed by atoms with Crippen LogP contribution in [0.25, 0.3) is 0 Å². The molecule has 0 spiro atoms. The predicted molar refractivity (Wildman–Crippen MR) is 72.9 cm³/mol. The summed E-state index contributed by atoms with van der Waals surface area (Å²) in [5.74, 6) is 0.